The van der Waals surface area contributed by atoms with Gasteiger partial charge in [-0.25, -0.2) is 0 Å². The molecule has 0 aliphatic carbocycles. The van der Waals surface area contributed by atoms with Crippen molar-refractivity contribution in [2.24, 2.45) is 0 Å². The predicted octanol–water partition coefficient (Wildman–Crippen LogP) is 0.617. The highest BCUT2D eigenvalue weighted by Gasteiger charge is 2.18. The Morgan fingerprint density at radius 2 is 2.40 bits per heavy atom. The van der Waals surface area contributed by atoms with Crippen LogP contribution >= 0.6 is 0 Å². The Labute approximate surface area is 114 Å². The Morgan fingerprint density at radius 3 is 3.05 bits per heavy atom. The van der Waals surface area contributed by atoms with Crippen molar-refractivity contribution in [2.75, 3.05) is 25.1 Å². The number of amides is 1. The average Bonchev–Trinajstić information content (AvgIpc) is 2.42. The van der Waals surface area contributed by atoms with Crippen LogP contribution in [0.2, 0.25) is 0 Å². The van der Waals surface area contributed by atoms with Crippen LogP contribution in [0.3, 0.4) is 0 Å². The van der Waals surface area contributed by atoms with E-state index in [0.717, 1.165) is 6.07 Å². The van der Waals surface area contributed by atoms with Gasteiger partial charge in [0.15, 0.2) is 0 Å². The molecule has 8 nitrogen and oxygen atoms in total. The first-order valence-electron chi connectivity index (χ1n) is 6.14. The molecule has 1 unspecified atom stereocenters. The quantitative estimate of drug-likeness (QED) is 0.423. The molecule has 2 rings (SSSR count). The van der Waals surface area contributed by atoms with Crippen LogP contribution in [0.5, 0.6) is 5.75 Å². The van der Waals surface area contributed by atoms with E-state index in [9.17, 15) is 20.0 Å². The van der Waals surface area contributed by atoms with Crippen LogP contribution in [0.25, 0.3) is 0 Å². The predicted molar refractivity (Wildman–Crippen MR) is 70.6 cm³/mol. The van der Waals surface area contributed by atoms with Gasteiger partial charge in [0.25, 0.3) is 5.69 Å². The number of rotatable bonds is 4. The molecule has 0 radical (unpaired) electrons. The average molecular weight is 281 g/mol. The molecule has 1 fully saturated rings. The second-order valence-electron chi connectivity index (χ2n) is 4.44. The first-order chi connectivity index (χ1) is 9.56. The zero-order valence-corrected chi connectivity index (χ0v) is 10.7. The van der Waals surface area contributed by atoms with E-state index in [0.29, 0.717) is 19.8 Å². The number of benzene rings is 1. The molecule has 1 aliphatic heterocycles. The normalized spacial score (nSPS) is 18.5. The number of nitro benzene ring substituents is 1. The number of phenolic OH excluding ortho intramolecular Hbond substituents is 1. The van der Waals surface area contributed by atoms with Gasteiger partial charge in [0.2, 0.25) is 5.91 Å². The molecule has 0 aromatic heterocycles. The van der Waals surface area contributed by atoms with Crippen molar-refractivity contribution in [3.05, 3.63) is 28.3 Å². The van der Waals surface area contributed by atoms with Gasteiger partial charge in [-0.2, -0.15) is 0 Å². The van der Waals surface area contributed by atoms with Gasteiger partial charge in [-0.3, -0.25) is 14.9 Å². The minimum absolute atomic E-state index is 0.0286. The summed E-state index contributed by atoms with van der Waals surface area (Å²) in [7, 11) is 0. The summed E-state index contributed by atoms with van der Waals surface area (Å²) in [6, 6.07) is 3.37. The molecule has 0 bridgehead atoms. The Bertz CT molecular complexity index is 514. The molecule has 1 aromatic carbocycles. The lowest BCUT2D eigenvalue weighted by atomic mass is 10.2. The SMILES string of the molecule is O=C(CC1COCCN1)Nc1cc([N+](=O)[O-])ccc1O. The fraction of sp³-hybridized carbons (Fsp3) is 0.417. The summed E-state index contributed by atoms with van der Waals surface area (Å²) in [5, 5.41) is 25.8. The van der Waals surface area contributed by atoms with E-state index in [-0.39, 0.29) is 35.5 Å². The number of hydrogen-bond donors (Lipinski definition) is 3. The highest BCUT2D eigenvalue weighted by Crippen LogP contribution is 2.27. The van der Waals surface area contributed by atoms with Crippen molar-refractivity contribution in [2.45, 2.75) is 12.5 Å². The molecule has 1 saturated heterocycles. The Balaban J connectivity index is 1.99. The van der Waals surface area contributed by atoms with Crippen molar-refractivity contribution in [1.29, 1.82) is 0 Å². The maximum Gasteiger partial charge on any atom is 0.271 e. The van der Waals surface area contributed by atoms with Crippen LogP contribution in [0.4, 0.5) is 11.4 Å². The maximum absolute atomic E-state index is 11.8. The van der Waals surface area contributed by atoms with E-state index < -0.39 is 4.92 Å². The standard InChI is InChI=1S/C12H15N3O5/c16-11-2-1-9(15(18)19)6-10(11)14-12(17)5-8-7-20-4-3-13-8/h1-2,6,8,13,16H,3-5,7H2,(H,14,17). The van der Waals surface area contributed by atoms with Crippen LogP contribution in [-0.2, 0) is 9.53 Å². The third kappa shape index (κ3) is 3.65. The molecule has 1 aromatic rings. The molecule has 108 valence electrons. The minimum Gasteiger partial charge on any atom is -0.506 e. The number of nitro groups is 1. The van der Waals surface area contributed by atoms with Gasteiger partial charge >= 0.3 is 0 Å². The third-order valence-electron chi connectivity index (χ3n) is 2.90. The number of hydrogen-bond acceptors (Lipinski definition) is 6. The van der Waals surface area contributed by atoms with Gasteiger partial charge in [-0.1, -0.05) is 0 Å². The molecule has 3 N–H and O–H groups in total. The van der Waals surface area contributed by atoms with Crippen LogP contribution in [0, 0.1) is 10.1 Å². The second kappa shape index (κ2) is 6.31. The lowest BCUT2D eigenvalue weighted by Crippen LogP contribution is -2.43. The molecule has 1 aliphatic rings. The Kier molecular flexibility index (Phi) is 4.49. The number of carbonyl (C=O) groups excluding carboxylic acids is 1. The highest BCUT2D eigenvalue weighted by molar-refractivity contribution is 5.93. The number of anilines is 1. The van der Waals surface area contributed by atoms with Gasteiger partial charge in [0, 0.05) is 31.1 Å². The topological polar surface area (TPSA) is 114 Å². The van der Waals surface area contributed by atoms with E-state index in [2.05, 4.69) is 10.6 Å². The number of morpholine rings is 1. The first-order valence-corrected chi connectivity index (χ1v) is 6.14. The van der Waals surface area contributed by atoms with Crippen molar-refractivity contribution < 1.29 is 19.6 Å². The molecule has 20 heavy (non-hydrogen) atoms. The van der Waals surface area contributed by atoms with E-state index in [1.54, 1.807) is 0 Å². The summed E-state index contributed by atoms with van der Waals surface area (Å²) >= 11 is 0. The smallest absolute Gasteiger partial charge is 0.271 e. The third-order valence-corrected chi connectivity index (χ3v) is 2.90. The molecule has 8 heteroatoms. The minimum atomic E-state index is -0.592. The molecule has 0 spiro atoms. The van der Waals surface area contributed by atoms with Gasteiger partial charge in [0.1, 0.15) is 5.75 Å². The summed E-state index contributed by atoms with van der Waals surface area (Å²) in [5.74, 6) is -0.555. The van der Waals surface area contributed by atoms with Gasteiger partial charge in [-0.05, 0) is 6.07 Å². The van der Waals surface area contributed by atoms with E-state index in [1.165, 1.54) is 12.1 Å². The molecular weight excluding hydrogens is 266 g/mol. The zero-order chi connectivity index (χ0) is 14.5. The summed E-state index contributed by atoms with van der Waals surface area (Å²) in [5.41, 5.74) is -0.168. The van der Waals surface area contributed by atoms with Crippen LogP contribution in [0.1, 0.15) is 6.42 Å². The van der Waals surface area contributed by atoms with Gasteiger partial charge in [0.05, 0.1) is 23.8 Å². The first kappa shape index (κ1) is 14.2. The van der Waals surface area contributed by atoms with Crippen LogP contribution in [-0.4, -0.2) is 41.7 Å². The number of phenols is 1. The van der Waals surface area contributed by atoms with Crippen LogP contribution < -0.4 is 10.6 Å². The molecule has 0 saturated carbocycles. The van der Waals surface area contributed by atoms with Crippen molar-refractivity contribution in [3.8, 4) is 5.75 Å². The molecular formula is C12H15N3O5. The monoisotopic (exact) mass is 281 g/mol. The molecule has 1 amide bonds. The Hall–Kier alpha value is -2.19. The fourth-order valence-corrected chi connectivity index (χ4v) is 1.91. The maximum atomic E-state index is 11.8. The second-order valence-corrected chi connectivity index (χ2v) is 4.44. The van der Waals surface area contributed by atoms with Crippen molar-refractivity contribution >= 4 is 17.3 Å². The largest absolute Gasteiger partial charge is 0.506 e. The summed E-state index contributed by atoms with van der Waals surface area (Å²) in [4.78, 5) is 21.9. The lowest BCUT2D eigenvalue weighted by molar-refractivity contribution is -0.384. The Morgan fingerprint density at radius 1 is 1.60 bits per heavy atom. The summed E-state index contributed by atoms with van der Waals surface area (Å²) in [6.45, 7) is 1.73. The van der Waals surface area contributed by atoms with Crippen molar-refractivity contribution in [1.82, 2.24) is 5.32 Å². The number of carbonyl (C=O) groups is 1. The lowest BCUT2D eigenvalue weighted by Gasteiger charge is -2.23. The molecule has 1 atom stereocenters. The summed E-state index contributed by atoms with van der Waals surface area (Å²) in [6.07, 6.45) is 0.169. The zero-order valence-electron chi connectivity index (χ0n) is 10.7. The highest BCUT2D eigenvalue weighted by atomic mass is 16.6. The van der Waals surface area contributed by atoms with Gasteiger partial charge < -0.3 is 20.5 Å². The van der Waals surface area contributed by atoms with E-state index in [1.807, 2.05) is 0 Å². The molecule has 1 heterocycles. The number of non-ortho nitro benzene ring substituents is 1. The van der Waals surface area contributed by atoms with E-state index >= 15 is 0 Å². The van der Waals surface area contributed by atoms with Crippen LogP contribution in [0.15, 0.2) is 18.2 Å². The number of nitrogens with one attached hydrogen (secondary N) is 2. The number of nitrogens with zero attached hydrogens (tertiary/aromatic N) is 1. The number of ether oxygens (including phenoxy) is 1. The van der Waals surface area contributed by atoms with Crippen molar-refractivity contribution in [3.63, 3.8) is 0 Å². The summed E-state index contributed by atoms with van der Waals surface area (Å²) < 4.78 is 5.23. The number of aromatic hydroxyl groups is 1. The van der Waals surface area contributed by atoms with E-state index in [4.69, 9.17) is 4.74 Å². The fourth-order valence-electron chi connectivity index (χ4n) is 1.91. The van der Waals surface area contributed by atoms with Gasteiger partial charge in [-0.15, -0.1) is 0 Å².